The number of hydrogen-bond donors (Lipinski definition) is 2. The van der Waals surface area contributed by atoms with Crippen LogP contribution in [0.4, 0.5) is 0 Å². The highest BCUT2D eigenvalue weighted by Gasteiger charge is 2.46. The first-order chi connectivity index (χ1) is 6.17. The fourth-order valence-corrected chi connectivity index (χ4v) is 1.73. The Hall–Kier alpha value is -0.870. The van der Waals surface area contributed by atoms with Crippen molar-refractivity contribution in [1.82, 2.24) is 15.0 Å². The van der Waals surface area contributed by atoms with Crippen LogP contribution in [0, 0.1) is 5.41 Å². The summed E-state index contributed by atoms with van der Waals surface area (Å²) in [6, 6.07) is 0.187. The third kappa shape index (κ3) is 1.36. The first-order valence-corrected chi connectivity index (χ1v) is 4.61. The minimum Gasteiger partial charge on any atom is -0.337 e. The number of imidazole rings is 1. The van der Waals surface area contributed by atoms with Crippen LogP contribution in [0.5, 0.6) is 0 Å². The van der Waals surface area contributed by atoms with E-state index in [0.717, 1.165) is 5.82 Å². The van der Waals surface area contributed by atoms with E-state index in [-0.39, 0.29) is 6.04 Å². The van der Waals surface area contributed by atoms with Gasteiger partial charge >= 0.3 is 0 Å². The van der Waals surface area contributed by atoms with Gasteiger partial charge in [0.05, 0.1) is 6.04 Å². The molecule has 0 aliphatic heterocycles. The van der Waals surface area contributed by atoms with Crippen LogP contribution in [-0.4, -0.2) is 9.55 Å². The first-order valence-electron chi connectivity index (χ1n) is 4.61. The monoisotopic (exact) mass is 180 g/mol. The summed E-state index contributed by atoms with van der Waals surface area (Å²) < 4.78 is 2.02. The molecule has 3 N–H and O–H groups in total. The molecule has 0 saturated heterocycles. The van der Waals surface area contributed by atoms with Gasteiger partial charge in [0, 0.05) is 19.4 Å². The molecular formula is C9H16N4. The Morgan fingerprint density at radius 2 is 2.38 bits per heavy atom. The number of nitrogens with one attached hydrogen (secondary N) is 1. The topological polar surface area (TPSA) is 55.9 Å². The van der Waals surface area contributed by atoms with Crippen molar-refractivity contribution >= 4 is 0 Å². The van der Waals surface area contributed by atoms with Gasteiger partial charge in [-0.25, -0.2) is 10.4 Å². The van der Waals surface area contributed by atoms with E-state index in [1.165, 1.54) is 12.8 Å². The summed E-state index contributed by atoms with van der Waals surface area (Å²) in [6.45, 7) is 2.24. The van der Waals surface area contributed by atoms with Crippen molar-refractivity contribution in [2.45, 2.75) is 25.8 Å². The number of aryl methyl sites for hydroxylation is 1. The SMILES string of the molecule is Cn1ccnc1C(NN)C1(C)CC1. The van der Waals surface area contributed by atoms with Crippen LogP contribution >= 0.6 is 0 Å². The van der Waals surface area contributed by atoms with Crippen LogP contribution in [0.1, 0.15) is 31.6 Å². The molecule has 1 aromatic heterocycles. The standard InChI is InChI=1S/C9H16N4/c1-9(3-4-9)7(12-10)8-11-5-6-13(8)2/h5-7,12H,3-4,10H2,1-2H3. The highest BCUT2D eigenvalue weighted by Crippen LogP contribution is 2.53. The number of rotatable bonds is 3. The average molecular weight is 180 g/mol. The van der Waals surface area contributed by atoms with Crippen LogP contribution < -0.4 is 11.3 Å². The first kappa shape index (κ1) is 8.72. The van der Waals surface area contributed by atoms with Crippen LogP contribution in [0.3, 0.4) is 0 Å². The van der Waals surface area contributed by atoms with Crippen LogP contribution in [-0.2, 0) is 7.05 Å². The second-order valence-corrected chi connectivity index (χ2v) is 4.15. The molecule has 4 heteroatoms. The van der Waals surface area contributed by atoms with E-state index >= 15 is 0 Å². The Bertz CT molecular complexity index is 300. The molecule has 1 unspecified atom stereocenters. The number of aromatic nitrogens is 2. The molecule has 1 aliphatic carbocycles. The Morgan fingerprint density at radius 1 is 1.69 bits per heavy atom. The maximum Gasteiger partial charge on any atom is 0.127 e. The maximum absolute atomic E-state index is 5.56. The molecule has 1 atom stereocenters. The molecule has 1 aliphatic rings. The molecule has 1 heterocycles. The van der Waals surface area contributed by atoms with Crippen molar-refractivity contribution in [3.63, 3.8) is 0 Å². The van der Waals surface area contributed by atoms with Crippen LogP contribution in [0.2, 0.25) is 0 Å². The van der Waals surface area contributed by atoms with Crippen LogP contribution in [0.25, 0.3) is 0 Å². The van der Waals surface area contributed by atoms with Gasteiger partial charge in [-0.15, -0.1) is 0 Å². The lowest BCUT2D eigenvalue weighted by molar-refractivity contribution is 0.349. The maximum atomic E-state index is 5.56. The Balaban J connectivity index is 2.27. The van der Waals surface area contributed by atoms with Gasteiger partial charge in [0.1, 0.15) is 5.82 Å². The van der Waals surface area contributed by atoms with E-state index in [9.17, 15) is 0 Å². The fourth-order valence-electron chi connectivity index (χ4n) is 1.73. The molecule has 1 fully saturated rings. The zero-order valence-corrected chi connectivity index (χ0v) is 8.12. The molecule has 4 nitrogen and oxygen atoms in total. The minimum absolute atomic E-state index is 0.187. The second-order valence-electron chi connectivity index (χ2n) is 4.15. The molecular weight excluding hydrogens is 164 g/mol. The highest BCUT2D eigenvalue weighted by molar-refractivity contribution is 5.09. The van der Waals surface area contributed by atoms with E-state index in [1.807, 2.05) is 24.0 Å². The van der Waals surface area contributed by atoms with E-state index in [0.29, 0.717) is 5.41 Å². The molecule has 72 valence electrons. The summed E-state index contributed by atoms with van der Waals surface area (Å²) in [6.07, 6.45) is 6.22. The van der Waals surface area contributed by atoms with Gasteiger partial charge in [0.2, 0.25) is 0 Å². The van der Waals surface area contributed by atoms with Crippen LogP contribution in [0.15, 0.2) is 12.4 Å². The lowest BCUT2D eigenvalue weighted by Gasteiger charge is -2.21. The molecule has 1 saturated carbocycles. The molecule has 0 radical (unpaired) electrons. The van der Waals surface area contributed by atoms with Gasteiger partial charge in [0.15, 0.2) is 0 Å². The van der Waals surface area contributed by atoms with Crippen molar-refractivity contribution in [3.05, 3.63) is 18.2 Å². The Kier molecular flexibility index (Phi) is 1.89. The zero-order chi connectivity index (χ0) is 9.47. The van der Waals surface area contributed by atoms with E-state index in [1.54, 1.807) is 0 Å². The predicted octanol–water partition coefficient (Wildman–Crippen LogP) is 0.725. The van der Waals surface area contributed by atoms with Gasteiger partial charge in [-0.3, -0.25) is 5.84 Å². The molecule has 13 heavy (non-hydrogen) atoms. The summed E-state index contributed by atoms with van der Waals surface area (Å²) in [7, 11) is 2.00. The predicted molar refractivity (Wildman–Crippen MR) is 50.6 cm³/mol. The Labute approximate surface area is 78.1 Å². The van der Waals surface area contributed by atoms with Crippen molar-refractivity contribution in [2.24, 2.45) is 18.3 Å². The van der Waals surface area contributed by atoms with Crippen molar-refractivity contribution in [1.29, 1.82) is 0 Å². The van der Waals surface area contributed by atoms with Gasteiger partial charge in [-0.2, -0.15) is 0 Å². The van der Waals surface area contributed by atoms with Crippen molar-refractivity contribution in [2.75, 3.05) is 0 Å². The molecule has 2 rings (SSSR count). The van der Waals surface area contributed by atoms with Crippen molar-refractivity contribution in [3.8, 4) is 0 Å². The number of hydrazine groups is 1. The largest absolute Gasteiger partial charge is 0.337 e. The Morgan fingerprint density at radius 3 is 2.77 bits per heavy atom. The molecule has 1 aromatic rings. The second kappa shape index (κ2) is 2.82. The van der Waals surface area contributed by atoms with E-state index in [2.05, 4.69) is 17.3 Å². The van der Waals surface area contributed by atoms with Gasteiger partial charge in [-0.05, 0) is 18.3 Å². The normalized spacial score (nSPS) is 21.5. The summed E-state index contributed by atoms with van der Waals surface area (Å²) in [5.41, 5.74) is 3.18. The summed E-state index contributed by atoms with van der Waals surface area (Å²) >= 11 is 0. The van der Waals surface area contributed by atoms with Gasteiger partial charge < -0.3 is 4.57 Å². The average Bonchev–Trinajstić information content (AvgIpc) is 2.69. The molecule has 0 spiro atoms. The summed E-state index contributed by atoms with van der Waals surface area (Å²) in [5, 5.41) is 0. The molecule has 0 aromatic carbocycles. The van der Waals surface area contributed by atoms with Crippen molar-refractivity contribution < 1.29 is 0 Å². The van der Waals surface area contributed by atoms with E-state index < -0.39 is 0 Å². The molecule has 0 amide bonds. The minimum atomic E-state index is 0.187. The number of nitrogens with zero attached hydrogens (tertiary/aromatic N) is 2. The quantitative estimate of drug-likeness (QED) is 0.532. The zero-order valence-electron chi connectivity index (χ0n) is 8.12. The number of hydrogen-bond acceptors (Lipinski definition) is 3. The fraction of sp³-hybridized carbons (Fsp3) is 0.667. The molecule has 0 bridgehead atoms. The highest BCUT2D eigenvalue weighted by atomic mass is 15.3. The third-order valence-electron chi connectivity index (χ3n) is 3.02. The van der Waals surface area contributed by atoms with E-state index in [4.69, 9.17) is 5.84 Å². The van der Waals surface area contributed by atoms with Gasteiger partial charge in [0.25, 0.3) is 0 Å². The summed E-state index contributed by atoms with van der Waals surface area (Å²) in [5.74, 6) is 6.59. The lowest BCUT2D eigenvalue weighted by Crippen LogP contribution is -2.35. The van der Waals surface area contributed by atoms with Gasteiger partial charge in [-0.1, -0.05) is 6.92 Å². The summed E-state index contributed by atoms with van der Waals surface area (Å²) in [4.78, 5) is 4.31. The number of nitrogens with two attached hydrogens (primary N) is 1. The lowest BCUT2D eigenvalue weighted by atomic mass is 9.99. The third-order valence-corrected chi connectivity index (χ3v) is 3.02. The smallest absolute Gasteiger partial charge is 0.127 e.